The third-order valence-electron chi connectivity index (χ3n) is 3.24. The molecular weight excluding hydrogens is 255 g/mol. The van der Waals surface area contributed by atoms with Crippen molar-refractivity contribution in [1.82, 2.24) is 9.55 Å². The highest BCUT2D eigenvalue weighted by Gasteiger charge is 2.26. The SMILES string of the molecule is OC1CCCn2c(-c3ccc(F)cc3)nc(Cl)c21. The van der Waals surface area contributed by atoms with Crippen molar-refractivity contribution in [2.75, 3.05) is 0 Å². The van der Waals surface area contributed by atoms with Gasteiger partial charge < -0.3 is 9.67 Å². The van der Waals surface area contributed by atoms with Crippen molar-refractivity contribution in [2.24, 2.45) is 0 Å². The fourth-order valence-corrected chi connectivity index (χ4v) is 2.69. The van der Waals surface area contributed by atoms with Gasteiger partial charge in [0.25, 0.3) is 0 Å². The molecule has 0 bridgehead atoms. The zero-order chi connectivity index (χ0) is 12.7. The van der Waals surface area contributed by atoms with Crippen LogP contribution in [0.1, 0.15) is 24.6 Å². The molecule has 0 radical (unpaired) electrons. The Kier molecular flexibility index (Phi) is 2.84. The predicted molar refractivity (Wildman–Crippen MR) is 66.8 cm³/mol. The molecule has 2 aromatic rings. The van der Waals surface area contributed by atoms with E-state index in [0.29, 0.717) is 23.1 Å². The second kappa shape index (κ2) is 4.37. The molecule has 1 atom stereocenters. The molecule has 0 aliphatic carbocycles. The van der Waals surface area contributed by atoms with Gasteiger partial charge in [-0.3, -0.25) is 0 Å². The molecule has 0 saturated carbocycles. The van der Waals surface area contributed by atoms with Crippen LogP contribution in [0.5, 0.6) is 0 Å². The summed E-state index contributed by atoms with van der Waals surface area (Å²) in [7, 11) is 0. The minimum absolute atomic E-state index is 0.282. The van der Waals surface area contributed by atoms with Crippen LogP contribution in [0.3, 0.4) is 0 Å². The number of aliphatic hydroxyl groups excluding tert-OH is 1. The fourth-order valence-electron chi connectivity index (χ4n) is 2.38. The molecule has 3 rings (SSSR count). The second-order valence-electron chi connectivity index (χ2n) is 4.43. The maximum atomic E-state index is 12.9. The highest BCUT2D eigenvalue weighted by molar-refractivity contribution is 6.30. The summed E-state index contributed by atoms with van der Waals surface area (Å²) in [6.07, 6.45) is 1.02. The predicted octanol–water partition coefficient (Wildman–Crippen LogP) is 3.17. The lowest BCUT2D eigenvalue weighted by atomic mass is 10.1. The van der Waals surface area contributed by atoms with Crippen molar-refractivity contribution in [3.63, 3.8) is 0 Å². The lowest BCUT2D eigenvalue weighted by molar-refractivity contribution is 0.139. The van der Waals surface area contributed by atoms with Gasteiger partial charge in [0.2, 0.25) is 0 Å². The lowest BCUT2D eigenvalue weighted by Crippen LogP contribution is -2.15. The number of fused-ring (bicyclic) bond motifs is 1. The number of hydrogen-bond donors (Lipinski definition) is 1. The van der Waals surface area contributed by atoms with Crippen LogP contribution in [-0.2, 0) is 6.54 Å². The number of benzene rings is 1. The van der Waals surface area contributed by atoms with E-state index < -0.39 is 6.10 Å². The first-order chi connectivity index (χ1) is 8.66. The number of imidazole rings is 1. The number of aliphatic hydroxyl groups is 1. The van der Waals surface area contributed by atoms with Crippen molar-refractivity contribution < 1.29 is 9.50 Å². The summed E-state index contributed by atoms with van der Waals surface area (Å²) >= 11 is 6.07. The van der Waals surface area contributed by atoms with Crippen molar-refractivity contribution >= 4 is 11.6 Å². The van der Waals surface area contributed by atoms with Crippen molar-refractivity contribution in [2.45, 2.75) is 25.5 Å². The van der Waals surface area contributed by atoms with Crippen LogP contribution in [0.25, 0.3) is 11.4 Å². The molecule has 1 aromatic heterocycles. The topological polar surface area (TPSA) is 38.0 Å². The third-order valence-corrected chi connectivity index (χ3v) is 3.52. The minimum atomic E-state index is -0.562. The van der Waals surface area contributed by atoms with Crippen molar-refractivity contribution in [1.29, 1.82) is 0 Å². The molecule has 0 amide bonds. The third kappa shape index (κ3) is 1.82. The smallest absolute Gasteiger partial charge is 0.153 e. The molecular formula is C13H12ClFN2O. The van der Waals surface area contributed by atoms with Gasteiger partial charge in [0.1, 0.15) is 11.6 Å². The molecule has 1 unspecified atom stereocenters. The second-order valence-corrected chi connectivity index (χ2v) is 4.79. The summed E-state index contributed by atoms with van der Waals surface area (Å²) in [5.41, 5.74) is 1.47. The molecule has 18 heavy (non-hydrogen) atoms. The summed E-state index contributed by atoms with van der Waals surface area (Å²) in [5.74, 6) is 0.407. The van der Waals surface area contributed by atoms with Gasteiger partial charge in [0, 0.05) is 12.1 Å². The molecule has 1 N–H and O–H groups in total. The molecule has 1 aliphatic rings. The maximum absolute atomic E-state index is 12.9. The lowest BCUT2D eigenvalue weighted by Gasteiger charge is -2.21. The monoisotopic (exact) mass is 266 g/mol. The highest BCUT2D eigenvalue weighted by Crippen LogP contribution is 2.35. The van der Waals surface area contributed by atoms with E-state index in [1.54, 1.807) is 12.1 Å². The van der Waals surface area contributed by atoms with E-state index >= 15 is 0 Å². The van der Waals surface area contributed by atoms with E-state index in [4.69, 9.17) is 11.6 Å². The minimum Gasteiger partial charge on any atom is -0.387 e. The highest BCUT2D eigenvalue weighted by atomic mass is 35.5. The zero-order valence-corrected chi connectivity index (χ0v) is 10.4. The van der Waals surface area contributed by atoms with Crippen LogP contribution < -0.4 is 0 Å². The summed E-state index contributed by atoms with van der Waals surface area (Å²) in [6, 6.07) is 6.12. The normalized spacial score (nSPS) is 18.7. The molecule has 5 heteroatoms. The van der Waals surface area contributed by atoms with Crippen LogP contribution in [0, 0.1) is 5.82 Å². The molecule has 1 aromatic carbocycles. The molecule has 3 nitrogen and oxygen atoms in total. The van der Waals surface area contributed by atoms with Crippen LogP contribution in [0.2, 0.25) is 5.15 Å². The molecule has 1 aliphatic heterocycles. The zero-order valence-electron chi connectivity index (χ0n) is 9.61. The van der Waals surface area contributed by atoms with Gasteiger partial charge in [0.15, 0.2) is 5.15 Å². The molecule has 2 heterocycles. The van der Waals surface area contributed by atoms with Gasteiger partial charge >= 0.3 is 0 Å². The Morgan fingerprint density at radius 1 is 1.33 bits per heavy atom. The van der Waals surface area contributed by atoms with Crippen LogP contribution >= 0.6 is 11.6 Å². The standard InChI is InChI=1S/C13H12ClFN2O/c14-12-11-10(18)2-1-7-17(11)13(16-12)8-3-5-9(15)6-4-8/h3-6,10,18H,1-2,7H2. The number of aromatic nitrogens is 2. The van der Waals surface area contributed by atoms with Gasteiger partial charge in [-0.2, -0.15) is 0 Å². The molecule has 0 spiro atoms. The Labute approximate surface area is 109 Å². The molecule has 0 saturated heterocycles. The average Bonchev–Trinajstić information content (AvgIpc) is 2.69. The van der Waals surface area contributed by atoms with Crippen LogP contribution in [0.15, 0.2) is 24.3 Å². The van der Waals surface area contributed by atoms with Crippen LogP contribution in [-0.4, -0.2) is 14.7 Å². The number of hydrogen-bond acceptors (Lipinski definition) is 2. The van der Waals surface area contributed by atoms with Gasteiger partial charge in [-0.1, -0.05) is 11.6 Å². The first-order valence-electron chi connectivity index (χ1n) is 5.87. The Morgan fingerprint density at radius 2 is 2.06 bits per heavy atom. The Balaban J connectivity index is 2.13. The van der Waals surface area contributed by atoms with E-state index in [2.05, 4.69) is 4.98 Å². The Bertz CT molecular complexity index is 579. The first-order valence-corrected chi connectivity index (χ1v) is 6.24. The molecule has 94 valence electrons. The van der Waals surface area contributed by atoms with E-state index in [0.717, 1.165) is 18.5 Å². The first kappa shape index (κ1) is 11.7. The van der Waals surface area contributed by atoms with Crippen molar-refractivity contribution in [3.8, 4) is 11.4 Å². The summed E-state index contributed by atoms with van der Waals surface area (Å²) in [5, 5.41) is 10.3. The van der Waals surface area contributed by atoms with Gasteiger partial charge in [0.05, 0.1) is 11.8 Å². The molecule has 0 fully saturated rings. The summed E-state index contributed by atoms with van der Waals surface area (Å²) < 4.78 is 14.8. The van der Waals surface area contributed by atoms with E-state index in [-0.39, 0.29) is 5.82 Å². The fraction of sp³-hybridized carbons (Fsp3) is 0.308. The van der Waals surface area contributed by atoms with Gasteiger partial charge in [-0.15, -0.1) is 0 Å². The Hall–Kier alpha value is -1.39. The number of nitrogens with zero attached hydrogens (tertiary/aromatic N) is 2. The van der Waals surface area contributed by atoms with E-state index in [1.807, 2.05) is 4.57 Å². The number of rotatable bonds is 1. The summed E-state index contributed by atoms with van der Waals surface area (Å²) in [6.45, 7) is 0.777. The largest absolute Gasteiger partial charge is 0.387 e. The van der Waals surface area contributed by atoms with Gasteiger partial charge in [-0.25, -0.2) is 9.37 Å². The average molecular weight is 267 g/mol. The van der Waals surface area contributed by atoms with E-state index in [9.17, 15) is 9.50 Å². The van der Waals surface area contributed by atoms with Crippen LogP contribution in [0.4, 0.5) is 4.39 Å². The maximum Gasteiger partial charge on any atom is 0.153 e. The Morgan fingerprint density at radius 3 is 2.78 bits per heavy atom. The van der Waals surface area contributed by atoms with Gasteiger partial charge in [-0.05, 0) is 37.1 Å². The van der Waals surface area contributed by atoms with Crippen molar-refractivity contribution in [3.05, 3.63) is 40.9 Å². The van der Waals surface area contributed by atoms with E-state index in [1.165, 1.54) is 12.1 Å². The quantitative estimate of drug-likeness (QED) is 0.861. The summed E-state index contributed by atoms with van der Waals surface area (Å²) in [4.78, 5) is 4.29. The number of halogens is 2.